The number of rotatable bonds is 7. The molecule has 7 atom stereocenters. The van der Waals surface area contributed by atoms with Gasteiger partial charge >= 0.3 is 11.9 Å². The van der Waals surface area contributed by atoms with Gasteiger partial charge in [-0.3, -0.25) is 9.59 Å². The molecular weight excluding hydrogens is 360 g/mol. The summed E-state index contributed by atoms with van der Waals surface area (Å²) < 4.78 is 5.18. The molecular formula is C26H42O3. The molecule has 29 heavy (non-hydrogen) atoms. The Labute approximate surface area is 177 Å². The van der Waals surface area contributed by atoms with Crippen molar-refractivity contribution in [1.82, 2.24) is 0 Å². The van der Waals surface area contributed by atoms with Crippen molar-refractivity contribution < 1.29 is 14.3 Å². The van der Waals surface area contributed by atoms with Gasteiger partial charge in [-0.1, -0.05) is 52.4 Å². The molecule has 7 unspecified atom stereocenters. The van der Waals surface area contributed by atoms with Crippen molar-refractivity contribution in [2.45, 2.75) is 111 Å². The van der Waals surface area contributed by atoms with Crippen molar-refractivity contribution in [3.8, 4) is 0 Å². The zero-order valence-electron chi connectivity index (χ0n) is 19.0. The molecule has 0 radical (unpaired) electrons. The fourth-order valence-corrected chi connectivity index (χ4v) is 8.27. The smallest absolute Gasteiger partial charge is 0.320 e. The van der Waals surface area contributed by atoms with Crippen LogP contribution in [-0.4, -0.2) is 11.9 Å². The maximum Gasteiger partial charge on any atom is 0.320 e. The minimum atomic E-state index is -0.421. The first-order chi connectivity index (χ1) is 13.9. The van der Waals surface area contributed by atoms with Gasteiger partial charge in [-0.25, -0.2) is 0 Å². The second-order valence-corrected chi connectivity index (χ2v) is 11.3. The normalized spacial score (nSPS) is 44.0. The summed E-state index contributed by atoms with van der Waals surface area (Å²) in [4.78, 5) is 24.7. The van der Waals surface area contributed by atoms with Crippen LogP contribution in [0.5, 0.6) is 0 Å². The number of ether oxygens (including phenoxy) is 1. The van der Waals surface area contributed by atoms with Crippen molar-refractivity contribution in [1.29, 1.82) is 0 Å². The monoisotopic (exact) mass is 402 g/mol. The van der Waals surface area contributed by atoms with Crippen molar-refractivity contribution in [3.63, 3.8) is 0 Å². The standard InChI is InChI=1S/C26H42O3/c1-4-5-6-7-8-9-10-18-12-14-21-20-13-11-19-17-23(27)29-24(28)26(19,3)22(20)15-16-25(18,21)2/h18-22H,4-17H2,1-3H3. The molecule has 164 valence electrons. The number of cyclic esters (lactones) is 2. The molecule has 4 rings (SSSR count). The van der Waals surface area contributed by atoms with E-state index in [0.717, 1.165) is 24.7 Å². The van der Waals surface area contributed by atoms with E-state index in [1.807, 2.05) is 0 Å². The fourth-order valence-electron chi connectivity index (χ4n) is 8.27. The van der Waals surface area contributed by atoms with Gasteiger partial charge in [0.2, 0.25) is 0 Å². The van der Waals surface area contributed by atoms with E-state index in [1.54, 1.807) is 0 Å². The number of hydrogen-bond acceptors (Lipinski definition) is 3. The molecule has 1 aliphatic heterocycles. The number of carbonyl (C=O) groups excluding carboxylic acids is 2. The second kappa shape index (κ2) is 8.35. The Morgan fingerprint density at radius 3 is 2.45 bits per heavy atom. The van der Waals surface area contributed by atoms with E-state index < -0.39 is 5.41 Å². The quantitative estimate of drug-likeness (QED) is 0.271. The average molecular weight is 403 g/mol. The summed E-state index contributed by atoms with van der Waals surface area (Å²) in [6, 6.07) is 0. The minimum Gasteiger partial charge on any atom is -0.393 e. The minimum absolute atomic E-state index is 0.210. The molecule has 0 spiro atoms. The largest absolute Gasteiger partial charge is 0.393 e. The first kappa shape index (κ1) is 21.4. The Hall–Kier alpha value is -0.860. The summed E-state index contributed by atoms with van der Waals surface area (Å²) >= 11 is 0. The van der Waals surface area contributed by atoms with E-state index in [2.05, 4.69) is 20.8 Å². The number of esters is 2. The third kappa shape index (κ3) is 3.59. The van der Waals surface area contributed by atoms with Crippen LogP contribution < -0.4 is 0 Å². The van der Waals surface area contributed by atoms with E-state index >= 15 is 0 Å². The molecule has 4 aliphatic rings. The molecule has 0 aromatic carbocycles. The lowest BCUT2D eigenvalue weighted by molar-refractivity contribution is -0.194. The van der Waals surface area contributed by atoms with Crippen molar-refractivity contribution in [2.75, 3.05) is 0 Å². The Bertz CT molecular complexity index is 627. The number of unbranched alkanes of at least 4 members (excludes halogenated alkanes) is 5. The van der Waals surface area contributed by atoms with Crippen LogP contribution in [-0.2, 0) is 14.3 Å². The van der Waals surface area contributed by atoms with Gasteiger partial charge in [0.05, 0.1) is 5.41 Å². The van der Waals surface area contributed by atoms with Crippen molar-refractivity contribution in [2.24, 2.45) is 40.4 Å². The lowest BCUT2D eigenvalue weighted by Crippen LogP contribution is -2.57. The van der Waals surface area contributed by atoms with Gasteiger partial charge in [0.15, 0.2) is 0 Å². The van der Waals surface area contributed by atoms with Crippen LogP contribution >= 0.6 is 0 Å². The van der Waals surface area contributed by atoms with Gasteiger partial charge in [-0.15, -0.1) is 0 Å². The number of carbonyl (C=O) groups is 2. The molecule has 3 aliphatic carbocycles. The third-order valence-electron chi connectivity index (χ3n) is 10.1. The first-order valence-corrected chi connectivity index (χ1v) is 12.7. The Kier molecular flexibility index (Phi) is 6.15. The maximum absolute atomic E-state index is 12.9. The maximum atomic E-state index is 12.9. The van der Waals surface area contributed by atoms with Crippen LogP contribution in [0.3, 0.4) is 0 Å². The first-order valence-electron chi connectivity index (χ1n) is 12.7. The molecule has 0 aromatic heterocycles. The molecule has 3 saturated carbocycles. The summed E-state index contributed by atoms with van der Waals surface area (Å²) in [7, 11) is 0. The Morgan fingerprint density at radius 1 is 0.897 bits per heavy atom. The van der Waals surface area contributed by atoms with Gasteiger partial charge in [0.1, 0.15) is 0 Å². The molecule has 0 aromatic rings. The molecule has 3 heteroatoms. The van der Waals surface area contributed by atoms with E-state index in [4.69, 9.17) is 4.74 Å². The van der Waals surface area contributed by atoms with Gasteiger partial charge in [0, 0.05) is 6.42 Å². The fraction of sp³-hybridized carbons (Fsp3) is 0.923. The highest BCUT2D eigenvalue weighted by atomic mass is 16.6. The Balaban J connectivity index is 1.41. The number of hydrogen-bond donors (Lipinski definition) is 0. The molecule has 0 amide bonds. The van der Waals surface area contributed by atoms with E-state index in [-0.39, 0.29) is 17.9 Å². The SMILES string of the molecule is CCCCCCCCC1CCC2C3CCC4CC(=O)OC(=O)C4(C)C3CCC12C. The van der Waals surface area contributed by atoms with Crippen LogP contribution in [0.2, 0.25) is 0 Å². The zero-order chi connectivity index (χ0) is 20.6. The van der Waals surface area contributed by atoms with Crippen LogP contribution in [0.4, 0.5) is 0 Å². The van der Waals surface area contributed by atoms with Crippen molar-refractivity contribution >= 4 is 11.9 Å². The third-order valence-corrected chi connectivity index (χ3v) is 10.1. The second-order valence-electron chi connectivity index (χ2n) is 11.3. The summed E-state index contributed by atoms with van der Waals surface area (Å²) in [6.45, 7) is 7.00. The van der Waals surface area contributed by atoms with E-state index in [9.17, 15) is 9.59 Å². The lowest BCUT2D eigenvalue weighted by atomic mass is 9.46. The van der Waals surface area contributed by atoms with Gasteiger partial charge in [0.25, 0.3) is 0 Å². The van der Waals surface area contributed by atoms with Gasteiger partial charge in [-0.2, -0.15) is 0 Å². The van der Waals surface area contributed by atoms with E-state index in [0.29, 0.717) is 23.7 Å². The molecule has 1 heterocycles. The van der Waals surface area contributed by atoms with Gasteiger partial charge < -0.3 is 4.74 Å². The summed E-state index contributed by atoms with van der Waals surface area (Å²) in [5.74, 6) is 2.44. The highest BCUT2D eigenvalue weighted by Crippen LogP contribution is 2.67. The highest BCUT2D eigenvalue weighted by molar-refractivity contribution is 5.92. The predicted molar refractivity (Wildman–Crippen MR) is 115 cm³/mol. The molecule has 3 nitrogen and oxygen atoms in total. The number of fused-ring (bicyclic) bond motifs is 5. The van der Waals surface area contributed by atoms with Gasteiger partial charge in [-0.05, 0) is 86.9 Å². The van der Waals surface area contributed by atoms with E-state index in [1.165, 1.54) is 70.6 Å². The zero-order valence-corrected chi connectivity index (χ0v) is 19.0. The van der Waals surface area contributed by atoms with Crippen molar-refractivity contribution in [3.05, 3.63) is 0 Å². The van der Waals surface area contributed by atoms with Crippen LogP contribution in [0.15, 0.2) is 0 Å². The van der Waals surface area contributed by atoms with Crippen LogP contribution in [0.1, 0.15) is 111 Å². The summed E-state index contributed by atoms with van der Waals surface area (Å²) in [5, 5.41) is 0. The molecule has 0 N–H and O–H groups in total. The molecule has 4 fully saturated rings. The summed E-state index contributed by atoms with van der Waals surface area (Å²) in [5.41, 5.74) is 0.0533. The topological polar surface area (TPSA) is 43.4 Å². The predicted octanol–water partition coefficient (Wildman–Crippen LogP) is 6.69. The molecule has 1 saturated heterocycles. The van der Waals surface area contributed by atoms with Crippen LogP contribution in [0, 0.1) is 40.4 Å². The van der Waals surface area contributed by atoms with Crippen LogP contribution in [0.25, 0.3) is 0 Å². The average Bonchev–Trinajstić information content (AvgIpc) is 3.02. The lowest BCUT2D eigenvalue weighted by Gasteiger charge is -2.58. The molecule has 0 bridgehead atoms. The Morgan fingerprint density at radius 2 is 1.66 bits per heavy atom. The summed E-state index contributed by atoms with van der Waals surface area (Å²) in [6.07, 6.45) is 17.6. The highest BCUT2D eigenvalue weighted by Gasteiger charge is 2.63.